The molecule has 0 saturated heterocycles. The molecule has 34 heavy (non-hydrogen) atoms. The number of carbonyl (C=O) groups is 4. The number of phenols is 2. The highest BCUT2D eigenvalue weighted by atomic mass is 16.4. The minimum Gasteiger partial charge on any atom is -0.507 e. The van der Waals surface area contributed by atoms with Gasteiger partial charge in [0.1, 0.15) is 22.6 Å². The van der Waals surface area contributed by atoms with E-state index in [2.05, 4.69) is 0 Å². The Balaban J connectivity index is 0.000000489. The van der Waals surface area contributed by atoms with Crippen molar-refractivity contribution in [3.05, 3.63) is 59.7 Å². The summed E-state index contributed by atoms with van der Waals surface area (Å²) in [7, 11) is 0. The van der Waals surface area contributed by atoms with Crippen LogP contribution in [0.4, 0.5) is 0 Å². The van der Waals surface area contributed by atoms with Crippen molar-refractivity contribution in [2.75, 3.05) is 0 Å². The zero-order chi connectivity index (χ0) is 25.9. The Hall–Kier alpha value is -4.08. The first-order valence-corrected chi connectivity index (χ1v) is 10.5. The lowest BCUT2D eigenvalue weighted by atomic mass is 10.1. The smallest absolute Gasteiger partial charge is 0.339 e. The van der Waals surface area contributed by atoms with Gasteiger partial charge in [-0.25, -0.2) is 9.59 Å². The van der Waals surface area contributed by atoms with Gasteiger partial charge in [0.15, 0.2) is 0 Å². The minimum absolute atomic E-state index is 0.0671. The van der Waals surface area contributed by atoms with Crippen LogP contribution in [0.25, 0.3) is 0 Å². The van der Waals surface area contributed by atoms with Crippen molar-refractivity contribution < 1.29 is 49.8 Å². The zero-order valence-electron chi connectivity index (χ0n) is 18.6. The SMILES string of the molecule is O=C(O)CCCCCCCCC(=O)O.O=C(O)c1ccccc1O.O=C(O)c1ccccc1O. The number of hydrogen-bond acceptors (Lipinski definition) is 6. The first-order chi connectivity index (χ1) is 16.1. The molecule has 6 N–H and O–H groups in total. The maximum absolute atomic E-state index is 10.3. The van der Waals surface area contributed by atoms with E-state index in [4.69, 9.17) is 30.6 Å². The highest BCUT2D eigenvalue weighted by Crippen LogP contribution is 2.15. The predicted octanol–water partition coefficient (Wildman–Crippen LogP) is 4.46. The van der Waals surface area contributed by atoms with Gasteiger partial charge in [0, 0.05) is 12.8 Å². The second-order valence-electron chi connectivity index (χ2n) is 7.05. The third-order valence-electron chi connectivity index (χ3n) is 4.30. The molecule has 0 heterocycles. The van der Waals surface area contributed by atoms with Crippen LogP contribution in [0.15, 0.2) is 48.5 Å². The van der Waals surface area contributed by atoms with Gasteiger partial charge in [0.2, 0.25) is 0 Å². The van der Waals surface area contributed by atoms with Gasteiger partial charge in [-0.15, -0.1) is 0 Å². The quantitative estimate of drug-likeness (QED) is 0.251. The molecule has 0 atom stereocenters. The number of para-hydroxylation sites is 2. The number of carboxylic acids is 4. The summed E-state index contributed by atoms with van der Waals surface area (Å²) in [4.78, 5) is 40.8. The Bertz CT molecular complexity index is 848. The van der Waals surface area contributed by atoms with Crippen LogP contribution in [-0.2, 0) is 9.59 Å². The summed E-state index contributed by atoms with van der Waals surface area (Å²) in [6.07, 6.45) is 5.82. The molecule has 0 aliphatic rings. The molecule has 2 rings (SSSR count). The molecule has 0 spiro atoms. The van der Waals surface area contributed by atoms with Crippen molar-refractivity contribution >= 4 is 23.9 Å². The largest absolute Gasteiger partial charge is 0.507 e. The number of benzene rings is 2. The van der Waals surface area contributed by atoms with Gasteiger partial charge in [-0.2, -0.15) is 0 Å². The van der Waals surface area contributed by atoms with Gasteiger partial charge < -0.3 is 30.6 Å². The molecule has 10 heteroatoms. The van der Waals surface area contributed by atoms with Crippen molar-refractivity contribution in [2.45, 2.75) is 51.4 Å². The van der Waals surface area contributed by atoms with E-state index in [-0.39, 0.29) is 35.5 Å². The second-order valence-corrected chi connectivity index (χ2v) is 7.05. The number of rotatable bonds is 11. The van der Waals surface area contributed by atoms with Gasteiger partial charge >= 0.3 is 23.9 Å². The summed E-state index contributed by atoms with van der Waals surface area (Å²) in [6.45, 7) is 0. The van der Waals surface area contributed by atoms with Crippen LogP contribution < -0.4 is 0 Å². The molecule has 186 valence electrons. The summed E-state index contributed by atoms with van der Waals surface area (Å²) in [5.74, 6) is -4.10. The molecule has 0 fully saturated rings. The van der Waals surface area contributed by atoms with E-state index in [0.717, 1.165) is 38.5 Å². The first kappa shape index (κ1) is 29.9. The summed E-state index contributed by atoms with van der Waals surface area (Å²) in [6, 6.07) is 11.6. The number of aromatic carboxylic acids is 2. The van der Waals surface area contributed by atoms with E-state index in [9.17, 15) is 19.2 Å². The maximum Gasteiger partial charge on any atom is 0.339 e. The summed E-state index contributed by atoms with van der Waals surface area (Å²) in [5, 5.41) is 51.3. The number of aromatic hydroxyl groups is 2. The third-order valence-corrected chi connectivity index (χ3v) is 4.30. The molecule has 0 unspecified atom stereocenters. The molecular weight excluding hydrogens is 448 g/mol. The molecule has 10 nitrogen and oxygen atoms in total. The minimum atomic E-state index is -1.11. The Morgan fingerprint density at radius 3 is 1.03 bits per heavy atom. The van der Waals surface area contributed by atoms with Gasteiger partial charge in [-0.05, 0) is 37.1 Å². The summed E-state index contributed by atoms with van der Waals surface area (Å²) < 4.78 is 0. The van der Waals surface area contributed by atoms with Crippen molar-refractivity contribution in [1.29, 1.82) is 0 Å². The second kappa shape index (κ2) is 17.5. The Morgan fingerprint density at radius 2 is 0.794 bits per heavy atom. The Kier molecular flexibility index (Phi) is 15.4. The fourth-order valence-electron chi connectivity index (χ4n) is 2.57. The standard InChI is InChI=1S/C10H18O4.2C7H6O3/c11-9(12)7-5-3-1-2-4-6-8-10(13)14;2*8-6-4-2-1-3-5(6)7(9)10/h1-8H2,(H,11,12)(H,13,14);2*1-4,8H,(H,9,10). The van der Waals surface area contributed by atoms with Gasteiger partial charge in [-0.3, -0.25) is 9.59 Å². The Labute approximate surface area is 196 Å². The van der Waals surface area contributed by atoms with Crippen LogP contribution in [0.5, 0.6) is 11.5 Å². The van der Waals surface area contributed by atoms with Crippen molar-refractivity contribution in [2.24, 2.45) is 0 Å². The van der Waals surface area contributed by atoms with Crippen molar-refractivity contribution in [1.82, 2.24) is 0 Å². The third kappa shape index (κ3) is 14.8. The Morgan fingerprint density at radius 1 is 0.500 bits per heavy atom. The van der Waals surface area contributed by atoms with Crippen molar-refractivity contribution in [3.63, 3.8) is 0 Å². The molecule has 0 aliphatic heterocycles. The van der Waals surface area contributed by atoms with Gasteiger partial charge in [0.05, 0.1) is 0 Å². The lowest BCUT2D eigenvalue weighted by Gasteiger charge is -1.98. The highest BCUT2D eigenvalue weighted by molar-refractivity contribution is 5.91. The van der Waals surface area contributed by atoms with Gasteiger partial charge in [-0.1, -0.05) is 49.9 Å². The number of hydrogen-bond donors (Lipinski definition) is 6. The molecule has 2 aromatic carbocycles. The van der Waals surface area contributed by atoms with Crippen LogP contribution in [0, 0.1) is 0 Å². The average molecular weight is 478 g/mol. The fraction of sp³-hybridized carbons (Fsp3) is 0.333. The van der Waals surface area contributed by atoms with Crippen molar-refractivity contribution in [3.8, 4) is 11.5 Å². The lowest BCUT2D eigenvalue weighted by molar-refractivity contribution is -0.138. The normalized spacial score (nSPS) is 9.53. The van der Waals surface area contributed by atoms with Crippen LogP contribution in [0.1, 0.15) is 72.1 Å². The van der Waals surface area contributed by atoms with Crippen LogP contribution in [-0.4, -0.2) is 54.5 Å². The van der Waals surface area contributed by atoms with E-state index in [1.165, 1.54) is 24.3 Å². The average Bonchev–Trinajstić information content (AvgIpc) is 2.76. The van der Waals surface area contributed by atoms with E-state index in [1.807, 2.05) is 0 Å². The molecule has 0 amide bonds. The lowest BCUT2D eigenvalue weighted by Crippen LogP contribution is -1.95. The predicted molar refractivity (Wildman–Crippen MR) is 122 cm³/mol. The summed E-state index contributed by atoms with van der Waals surface area (Å²) >= 11 is 0. The maximum atomic E-state index is 10.3. The number of aliphatic carboxylic acids is 2. The zero-order valence-corrected chi connectivity index (χ0v) is 18.6. The molecule has 2 aromatic rings. The number of carboxylic acid groups (broad SMARTS) is 4. The first-order valence-electron chi connectivity index (χ1n) is 10.5. The fourth-order valence-corrected chi connectivity index (χ4v) is 2.57. The highest BCUT2D eigenvalue weighted by Gasteiger charge is 2.06. The topological polar surface area (TPSA) is 190 Å². The summed E-state index contributed by atoms with van der Waals surface area (Å²) in [5.41, 5.74) is -0.134. The molecule has 0 aromatic heterocycles. The van der Waals surface area contributed by atoms with E-state index >= 15 is 0 Å². The van der Waals surface area contributed by atoms with E-state index in [0.29, 0.717) is 0 Å². The van der Waals surface area contributed by atoms with E-state index in [1.54, 1.807) is 24.3 Å². The van der Waals surface area contributed by atoms with Gasteiger partial charge in [0.25, 0.3) is 0 Å². The van der Waals surface area contributed by atoms with Crippen LogP contribution >= 0.6 is 0 Å². The molecular formula is C24H30O10. The van der Waals surface area contributed by atoms with Crippen LogP contribution in [0.2, 0.25) is 0 Å². The number of unbranched alkanes of at least 4 members (excludes halogenated alkanes) is 5. The molecule has 0 aliphatic carbocycles. The molecule has 0 saturated carbocycles. The van der Waals surface area contributed by atoms with Crippen LogP contribution in [0.3, 0.4) is 0 Å². The monoisotopic (exact) mass is 478 g/mol. The molecule has 0 bridgehead atoms. The van der Waals surface area contributed by atoms with E-state index < -0.39 is 23.9 Å². The molecule has 0 radical (unpaired) electrons.